The SMILES string of the molecule is CC(C)(C)c1ccc([C@@H]2c3c([nH][nH]c3=O)C[C@](C)(O)[C@@H]2C(=O)OCc2ccccc2)cc1. The van der Waals surface area contributed by atoms with E-state index in [-0.39, 0.29) is 24.0 Å². The third-order valence-corrected chi connectivity index (χ3v) is 6.36. The Morgan fingerprint density at radius 3 is 2.38 bits per heavy atom. The van der Waals surface area contributed by atoms with E-state index in [0.717, 1.165) is 16.7 Å². The number of aromatic amines is 2. The zero-order valence-corrected chi connectivity index (χ0v) is 18.9. The number of H-pyrrole nitrogens is 2. The molecule has 1 aliphatic rings. The predicted molar refractivity (Wildman–Crippen MR) is 122 cm³/mol. The molecule has 3 aromatic rings. The maximum Gasteiger partial charge on any atom is 0.313 e. The monoisotopic (exact) mass is 434 g/mol. The van der Waals surface area contributed by atoms with Crippen LogP contribution in [0.1, 0.15) is 61.6 Å². The molecule has 0 unspecified atom stereocenters. The third kappa shape index (κ3) is 4.15. The average Bonchev–Trinajstić information content (AvgIpc) is 3.10. The number of ether oxygens (including phenoxy) is 1. The summed E-state index contributed by atoms with van der Waals surface area (Å²) < 4.78 is 5.64. The fourth-order valence-corrected chi connectivity index (χ4v) is 4.62. The number of carbonyl (C=O) groups is 1. The highest BCUT2D eigenvalue weighted by Crippen LogP contribution is 2.44. The Kier molecular flexibility index (Phi) is 5.59. The first kappa shape index (κ1) is 22.1. The summed E-state index contributed by atoms with van der Waals surface area (Å²) in [5, 5.41) is 16.8. The topological polar surface area (TPSA) is 95.2 Å². The number of rotatable bonds is 4. The molecule has 0 saturated carbocycles. The van der Waals surface area contributed by atoms with Crippen molar-refractivity contribution in [3.63, 3.8) is 0 Å². The molecule has 0 fully saturated rings. The van der Waals surface area contributed by atoms with Crippen LogP contribution in [0.3, 0.4) is 0 Å². The highest BCUT2D eigenvalue weighted by atomic mass is 16.5. The Morgan fingerprint density at radius 2 is 1.75 bits per heavy atom. The molecule has 0 bridgehead atoms. The molecule has 2 aromatic carbocycles. The Morgan fingerprint density at radius 1 is 1.09 bits per heavy atom. The molecule has 6 nitrogen and oxygen atoms in total. The molecule has 1 heterocycles. The summed E-state index contributed by atoms with van der Waals surface area (Å²) in [6.07, 6.45) is 0.156. The van der Waals surface area contributed by atoms with E-state index < -0.39 is 23.4 Å². The number of hydrogen-bond acceptors (Lipinski definition) is 4. The zero-order chi connectivity index (χ0) is 23.1. The van der Waals surface area contributed by atoms with Gasteiger partial charge in [0.15, 0.2) is 0 Å². The number of carbonyl (C=O) groups excluding carboxylic acids is 1. The van der Waals surface area contributed by atoms with Gasteiger partial charge in [0, 0.05) is 23.6 Å². The van der Waals surface area contributed by atoms with Crippen LogP contribution in [0.5, 0.6) is 0 Å². The second-order valence-electron chi connectivity index (χ2n) is 9.93. The number of esters is 1. The highest BCUT2D eigenvalue weighted by Gasteiger charge is 2.51. The lowest BCUT2D eigenvalue weighted by atomic mass is 9.66. The lowest BCUT2D eigenvalue weighted by molar-refractivity contribution is -0.161. The first-order valence-electron chi connectivity index (χ1n) is 10.9. The van der Waals surface area contributed by atoms with Crippen molar-refractivity contribution in [3.05, 3.63) is 92.9 Å². The van der Waals surface area contributed by atoms with Crippen LogP contribution in [0.2, 0.25) is 0 Å². The van der Waals surface area contributed by atoms with Gasteiger partial charge in [0.05, 0.1) is 11.5 Å². The quantitative estimate of drug-likeness (QED) is 0.545. The van der Waals surface area contributed by atoms with E-state index in [1.807, 2.05) is 54.6 Å². The molecule has 1 aliphatic carbocycles. The summed E-state index contributed by atoms with van der Waals surface area (Å²) in [5.74, 6) is -2.06. The number of fused-ring (bicyclic) bond motifs is 1. The molecule has 0 amide bonds. The molecule has 0 aliphatic heterocycles. The van der Waals surface area contributed by atoms with Crippen LogP contribution in [0.15, 0.2) is 59.4 Å². The van der Waals surface area contributed by atoms with E-state index in [1.165, 1.54) is 0 Å². The van der Waals surface area contributed by atoms with E-state index >= 15 is 0 Å². The van der Waals surface area contributed by atoms with Crippen LogP contribution in [0.25, 0.3) is 0 Å². The smallest absolute Gasteiger partial charge is 0.313 e. The molecule has 6 heteroatoms. The summed E-state index contributed by atoms with van der Waals surface area (Å²) in [6, 6.07) is 17.3. The maximum atomic E-state index is 13.3. The van der Waals surface area contributed by atoms with Gasteiger partial charge in [-0.1, -0.05) is 75.4 Å². The lowest BCUT2D eigenvalue weighted by Crippen LogP contribution is -2.50. The Bertz CT molecular complexity index is 1150. The van der Waals surface area contributed by atoms with Crippen molar-refractivity contribution in [1.82, 2.24) is 10.2 Å². The predicted octanol–water partition coefficient (Wildman–Crippen LogP) is 3.80. The fourth-order valence-electron chi connectivity index (χ4n) is 4.62. The number of aromatic nitrogens is 2. The number of nitrogens with one attached hydrogen (secondary N) is 2. The lowest BCUT2D eigenvalue weighted by Gasteiger charge is -2.40. The molecule has 4 rings (SSSR count). The Labute approximate surface area is 187 Å². The average molecular weight is 435 g/mol. The number of benzene rings is 2. The molecule has 0 saturated heterocycles. The van der Waals surface area contributed by atoms with Crippen molar-refractivity contribution >= 4 is 5.97 Å². The van der Waals surface area contributed by atoms with E-state index in [9.17, 15) is 14.7 Å². The second-order valence-corrected chi connectivity index (χ2v) is 9.93. The Hall–Kier alpha value is -3.12. The van der Waals surface area contributed by atoms with Gasteiger partial charge < -0.3 is 14.9 Å². The normalized spacial score (nSPS) is 22.9. The van der Waals surface area contributed by atoms with E-state index in [2.05, 4.69) is 31.0 Å². The van der Waals surface area contributed by atoms with Crippen molar-refractivity contribution in [2.75, 3.05) is 0 Å². The van der Waals surface area contributed by atoms with E-state index in [0.29, 0.717) is 11.3 Å². The van der Waals surface area contributed by atoms with Gasteiger partial charge in [-0.15, -0.1) is 0 Å². The van der Waals surface area contributed by atoms with Crippen molar-refractivity contribution in [3.8, 4) is 0 Å². The summed E-state index contributed by atoms with van der Waals surface area (Å²) in [4.78, 5) is 26.0. The molecular formula is C26H30N2O4. The summed E-state index contributed by atoms with van der Waals surface area (Å²) in [5.41, 5.74) is 2.23. The van der Waals surface area contributed by atoms with Crippen molar-refractivity contribution < 1.29 is 14.6 Å². The molecular weight excluding hydrogens is 404 g/mol. The van der Waals surface area contributed by atoms with Crippen LogP contribution in [0.4, 0.5) is 0 Å². The molecule has 0 radical (unpaired) electrons. The minimum Gasteiger partial charge on any atom is -0.460 e. The maximum absolute atomic E-state index is 13.3. The molecule has 3 atom stereocenters. The van der Waals surface area contributed by atoms with Crippen LogP contribution in [-0.4, -0.2) is 26.9 Å². The van der Waals surface area contributed by atoms with Crippen LogP contribution in [0, 0.1) is 5.92 Å². The summed E-state index contributed by atoms with van der Waals surface area (Å²) >= 11 is 0. The summed E-state index contributed by atoms with van der Waals surface area (Å²) in [6.45, 7) is 8.13. The van der Waals surface area contributed by atoms with Crippen molar-refractivity contribution in [1.29, 1.82) is 0 Å². The van der Waals surface area contributed by atoms with Gasteiger partial charge in [-0.05, 0) is 29.0 Å². The number of hydrogen-bond donors (Lipinski definition) is 3. The van der Waals surface area contributed by atoms with Gasteiger partial charge in [0.1, 0.15) is 6.61 Å². The molecule has 3 N–H and O–H groups in total. The second kappa shape index (κ2) is 8.10. The fraction of sp³-hybridized carbons (Fsp3) is 0.385. The molecule has 168 valence electrons. The van der Waals surface area contributed by atoms with Crippen LogP contribution in [-0.2, 0) is 28.0 Å². The van der Waals surface area contributed by atoms with Crippen LogP contribution < -0.4 is 5.56 Å². The van der Waals surface area contributed by atoms with E-state index in [1.54, 1.807) is 6.92 Å². The van der Waals surface area contributed by atoms with Gasteiger partial charge in [0.25, 0.3) is 5.56 Å². The largest absolute Gasteiger partial charge is 0.460 e. The standard InChI is InChI=1S/C26H30N2O4/c1-25(2,3)18-12-10-17(11-13-18)20-21-19(27-28-23(21)29)14-26(4,31)22(20)24(30)32-15-16-8-6-5-7-9-16/h5-13,20,22,31H,14-15H2,1-4H3,(H2,27,28,29)/t20-,22+,26+/m1/s1. The first-order valence-corrected chi connectivity index (χ1v) is 10.9. The molecule has 0 spiro atoms. The minimum absolute atomic E-state index is 0.0265. The number of aliphatic hydroxyl groups is 1. The van der Waals surface area contributed by atoms with Gasteiger partial charge in [-0.2, -0.15) is 0 Å². The van der Waals surface area contributed by atoms with Gasteiger partial charge in [-0.25, -0.2) is 0 Å². The molecule has 32 heavy (non-hydrogen) atoms. The summed E-state index contributed by atoms with van der Waals surface area (Å²) in [7, 11) is 0. The van der Waals surface area contributed by atoms with E-state index in [4.69, 9.17) is 4.74 Å². The van der Waals surface area contributed by atoms with Gasteiger partial charge in [0.2, 0.25) is 0 Å². The Balaban J connectivity index is 1.74. The minimum atomic E-state index is -1.39. The zero-order valence-electron chi connectivity index (χ0n) is 18.9. The first-order chi connectivity index (χ1) is 15.1. The van der Waals surface area contributed by atoms with Crippen molar-refractivity contribution in [2.45, 2.75) is 57.7 Å². The molecule has 1 aromatic heterocycles. The third-order valence-electron chi connectivity index (χ3n) is 6.36. The highest BCUT2D eigenvalue weighted by molar-refractivity contribution is 5.77. The van der Waals surface area contributed by atoms with Gasteiger partial charge >= 0.3 is 5.97 Å². The van der Waals surface area contributed by atoms with Crippen molar-refractivity contribution in [2.24, 2.45) is 5.92 Å². The van der Waals surface area contributed by atoms with Gasteiger partial charge in [-0.3, -0.25) is 14.7 Å². The van der Waals surface area contributed by atoms with Crippen LogP contribution >= 0.6 is 0 Å².